The van der Waals surface area contributed by atoms with E-state index in [1.807, 2.05) is 0 Å². The van der Waals surface area contributed by atoms with Gasteiger partial charge in [0.1, 0.15) is 0 Å². The molecule has 1 aliphatic rings. The molecule has 0 aromatic heterocycles. The van der Waals surface area contributed by atoms with E-state index in [2.05, 4.69) is 4.84 Å². The van der Waals surface area contributed by atoms with Crippen LogP contribution in [0, 0.1) is 0 Å². The molecule has 2 amide bonds. The Morgan fingerprint density at radius 1 is 1.42 bits per heavy atom. The molecular weight excluding hydrogens is 170 g/mol. The highest BCUT2D eigenvalue weighted by molar-refractivity contribution is 5.90. The Morgan fingerprint density at radius 3 is 2.17 bits per heavy atom. The van der Waals surface area contributed by atoms with Crippen LogP contribution in [-0.2, 0) is 14.4 Å². The molecular formula is C5H5NO6. The number of imide groups is 1. The first-order valence-corrected chi connectivity index (χ1v) is 3.06. The van der Waals surface area contributed by atoms with Crippen LogP contribution in [-0.4, -0.2) is 28.0 Å². The number of carbonyl (C=O) groups excluding carboxylic acids is 3. The van der Waals surface area contributed by atoms with E-state index in [-0.39, 0.29) is 12.8 Å². The molecule has 0 bridgehead atoms. The minimum atomic E-state index is -2.14. The second kappa shape index (κ2) is 2.54. The summed E-state index contributed by atoms with van der Waals surface area (Å²) in [5.41, 5.74) is 0. The molecule has 7 nitrogen and oxygen atoms in total. The average Bonchev–Trinajstić information content (AvgIpc) is 2.16. The lowest BCUT2D eigenvalue weighted by Gasteiger charge is -2.19. The maximum atomic E-state index is 10.7. The van der Waals surface area contributed by atoms with E-state index in [0.717, 1.165) is 0 Å². The van der Waals surface area contributed by atoms with Crippen molar-refractivity contribution in [3.05, 3.63) is 0 Å². The summed E-state index contributed by atoms with van der Waals surface area (Å²) in [5.74, 6) is -2.02. The Balaban J connectivity index is 2.87. The smallest absolute Gasteiger partial charge is 0.385 e. The number of hydrogen-bond acceptors (Lipinski definition) is 6. The third-order valence-corrected chi connectivity index (χ3v) is 1.44. The van der Waals surface area contributed by atoms with Gasteiger partial charge in [0.2, 0.25) is 0 Å². The fourth-order valence-electron chi connectivity index (χ4n) is 0.866. The van der Waals surface area contributed by atoms with Crippen molar-refractivity contribution in [2.24, 2.45) is 0 Å². The van der Waals surface area contributed by atoms with Gasteiger partial charge in [-0.2, -0.15) is 5.21 Å². The molecule has 0 spiro atoms. The molecule has 1 rings (SSSR count). The topological polar surface area (TPSA) is 104 Å². The van der Waals surface area contributed by atoms with Crippen LogP contribution in [0.2, 0.25) is 0 Å². The van der Waals surface area contributed by atoms with Gasteiger partial charge in [0.05, 0.1) is 17.7 Å². The van der Waals surface area contributed by atoms with E-state index >= 15 is 0 Å². The number of amides is 2. The van der Waals surface area contributed by atoms with E-state index in [9.17, 15) is 19.5 Å². The first-order chi connectivity index (χ1) is 5.47. The van der Waals surface area contributed by atoms with Gasteiger partial charge >= 0.3 is 18.0 Å². The summed E-state index contributed by atoms with van der Waals surface area (Å²) in [6, 6.07) is 0. The summed E-state index contributed by atoms with van der Waals surface area (Å²) in [5, 5.41) is 18.8. The van der Waals surface area contributed by atoms with Crippen LogP contribution in [0.5, 0.6) is 0 Å². The fourth-order valence-corrected chi connectivity index (χ4v) is 0.866. The molecule has 66 valence electrons. The van der Waals surface area contributed by atoms with Crippen LogP contribution < -0.4 is 5.11 Å². The van der Waals surface area contributed by atoms with Gasteiger partial charge in [-0.1, -0.05) is 0 Å². The minimum Gasteiger partial charge on any atom is -0.422 e. The summed E-state index contributed by atoms with van der Waals surface area (Å²) < 4.78 is 0. The van der Waals surface area contributed by atoms with E-state index < -0.39 is 22.8 Å². The van der Waals surface area contributed by atoms with E-state index in [1.165, 1.54) is 0 Å². The zero-order valence-corrected chi connectivity index (χ0v) is 5.85. The Morgan fingerprint density at radius 2 is 1.83 bits per heavy atom. The van der Waals surface area contributed by atoms with Crippen molar-refractivity contribution < 1.29 is 34.3 Å². The molecule has 0 aromatic rings. The second-order valence-corrected chi connectivity index (χ2v) is 2.20. The molecule has 1 heterocycles. The Kier molecular flexibility index (Phi) is 1.82. The number of nitrogens with zero attached hydrogens (tertiary/aromatic N) is 1. The van der Waals surface area contributed by atoms with Gasteiger partial charge in [0, 0.05) is 0 Å². The van der Waals surface area contributed by atoms with E-state index in [4.69, 9.17) is 5.21 Å². The molecule has 0 radical (unpaired) electrons. The molecule has 0 saturated carbocycles. The van der Waals surface area contributed by atoms with Crippen molar-refractivity contribution in [1.29, 1.82) is 0 Å². The highest BCUT2D eigenvalue weighted by Crippen LogP contribution is 2.19. The standard InChI is InChI=1S/C5H5NO6/c7-3-1-2-4(8)6(3,11)12-5(9)10/h11H,1-2H2. The Labute approximate surface area is 66.3 Å². The second-order valence-electron chi connectivity index (χ2n) is 2.20. The lowest BCUT2D eigenvalue weighted by atomic mass is 10.4. The summed E-state index contributed by atoms with van der Waals surface area (Å²) in [4.78, 5) is 32.8. The minimum absolute atomic E-state index is 0.234. The lowest BCUT2D eigenvalue weighted by Crippen LogP contribution is -2.52. The van der Waals surface area contributed by atoms with Crippen molar-refractivity contribution in [2.75, 3.05) is 0 Å². The number of carboxylic acid groups (broad SMARTS) is 1. The molecule has 0 atom stereocenters. The molecule has 1 fully saturated rings. The normalized spacial score (nSPS) is 21.1. The van der Waals surface area contributed by atoms with Crippen molar-refractivity contribution in [3.8, 4) is 0 Å². The SMILES string of the molecule is O=C([O-])O[N+]1(O)C(=O)CCC1=O. The monoisotopic (exact) mass is 175 g/mol. The summed E-state index contributed by atoms with van der Waals surface area (Å²) in [7, 11) is 0. The first-order valence-electron chi connectivity index (χ1n) is 3.06. The number of rotatable bonds is 1. The van der Waals surface area contributed by atoms with Gasteiger partial charge in [-0.05, 0) is 0 Å². The highest BCUT2D eigenvalue weighted by Gasteiger charge is 2.51. The van der Waals surface area contributed by atoms with Gasteiger partial charge in [-0.25, -0.2) is 9.59 Å². The number of hydrogen-bond donors (Lipinski definition) is 1. The molecule has 1 N–H and O–H groups in total. The van der Waals surface area contributed by atoms with Gasteiger partial charge in [0.15, 0.2) is 0 Å². The highest BCUT2D eigenvalue weighted by atomic mass is 17.0. The predicted octanol–water partition coefficient (Wildman–Crippen LogP) is -1.69. The number of carbonyl (C=O) groups is 3. The third kappa shape index (κ3) is 1.15. The molecule has 7 heteroatoms. The van der Waals surface area contributed by atoms with Crippen LogP contribution in [0.25, 0.3) is 0 Å². The molecule has 12 heavy (non-hydrogen) atoms. The van der Waals surface area contributed by atoms with E-state index in [0.29, 0.717) is 0 Å². The number of hydroxylamine groups is 4. The van der Waals surface area contributed by atoms with Crippen LogP contribution in [0.3, 0.4) is 0 Å². The van der Waals surface area contributed by atoms with Crippen molar-refractivity contribution >= 4 is 18.0 Å². The van der Waals surface area contributed by atoms with Gasteiger partial charge in [-0.15, -0.1) is 0 Å². The zero-order valence-electron chi connectivity index (χ0n) is 5.85. The molecule has 1 aliphatic heterocycles. The van der Waals surface area contributed by atoms with E-state index in [1.54, 1.807) is 0 Å². The predicted molar refractivity (Wildman–Crippen MR) is 27.8 cm³/mol. The van der Waals surface area contributed by atoms with Crippen LogP contribution in [0.4, 0.5) is 4.79 Å². The van der Waals surface area contributed by atoms with Crippen LogP contribution in [0.15, 0.2) is 0 Å². The summed E-state index contributed by atoms with van der Waals surface area (Å²) in [6.45, 7) is 0. The Hall–Kier alpha value is -1.47. The van der Waals surface area contributed by atoms with Gasteiger partial charge in [0.25, 0.3) is 0 Å². The van der Waals surface area contributed by atoms with Crippen LogP contribution >= 0.6 is 0 Å². The zero-order chi connectivity index (χ0) is 9.35. The van der Waals surface area contributed by atoms with Crippen molar-refractivity contribution in [2.45, 2.75) is 12.8 Å². The Bertz CT molecular complexity index is 243. The molecule has 0 aromatic carbocycles. The van der Waals surface area contributed by atoms with Crippen LogP contribution in [0.1, 0.15) is 12.8 Å². The van der Waals surface area contributed by atoms with Gasteiger partial charge in [-0.3, -0.25) is 0 Å². The molecule has 1 saturated heterocycles. The summed E-state index contributed by atoms with van der Waals surface area (Å²) in [6.07, 6.45) is -2.59. The summed E-state index contributed by atoms with van der Waals surface area (Å²) >= 11 is 0. The fraction of sp³-hybridized carbons (Fsp3) is 0.400. The quantitative estimate of drug-likeness (QED) is 0.290. The maximum absolute atomic E-state index is 10.7. The molecule has 0 unspecified atom stereocenters. The van der Waals surface area contributed by atoms with Crippen molar-refractivity contribution in [1.82, 2.24) is 0 Å². The average molecular weight is 175 g/mol. The maximum Gasteiger partial charge on any atom is 0.385 e. The lowest BCUT2D eigenvalue weighted by molar-refractivity contribution is -1.12. The first kappa shape index (κ1) is 8.62. The molecule has 0 aliphatic carbocycles. The third-order valence-electron chi connectivity index (χ3n) is 1.44. The van der Waals surface area contributed by atoms with Crippen molar-refractivity contribution in [3.63, 3.8) is 0 Å². The van der Waals surface area contributed by atoms with Gasteiger partial charge < -0.3 is 14.7 Å². The number of quaternary nitrogens is 1. The largest absolute Gasteiger partial charge is 0.422 e.